The normalized spacial score (nSPS) is 8.87. The lowest BCUT2D eigenvalue weighted by Gasteiger charge is -2.00. The molecule has 0 radical (unpaired) electrons. The molecule has 0 amide bonds. The molecule has 0 saturated heterocycles. The number of hydrogen-bond acceptors (Lipinski definition) is 2. The molecule has 2 N–H and O–H groups in total. The third-order valence-corrected chi connectivity index (χ3v) is 1.99. The van der Waals surface area contributed by atoms with Crippen LogP contribution in [0.5, 0.6) is 0 Å². The van der Waals surface area contributed by atoms with Crippen molar-refractivity contribution in [3.63, 3.8) is 0 Å². The first-order chi connectivity index (χ1) is 7.35. The molecule has 1 rings (SSSR count). The number of aryl methyl sites for hydroxylation is 1. The number of nitrogens with one attached hydrogen (secondary N) is 1. The average molecular weight is 209 g/mol. The molecule has 0 aliphatic heterocycles. The van der Waals surface area contributed by atoms with Gasteiger partial charge in [0.25, 0.3) is 6.47 Å². The van der Waals surface area contributed by atoms with Crippen molar-refractivity contribution >= 4 is 6.47 Å². The van der Waals surface area contributed by atoms with Crippen LogP contribution in [-0.2, 0) is 11.2 Å². The molecule has 0 aliphatic rings. The molecular formula is C12H19NO2. The average Bonchev–Trinajstić information content (AvgIpc) is 2.27. The van der Waals surface area contributed by atoms with E-state index < -0.39 is 0 Å². The van der Waals surface area contributed by atoms with Gasteiger partial charge in [0.15, 0.2) is 0 Å². The number of carboxylic acid groups (broad SMARTS) is 1. The molecule has 84 valence electrons. The minimum absolute atomic E-state index is 0.250. The highest BCUT2D eigenvalue weighted by Gasteiger charge is 1.90. The zero-order chi connectivity index (χ0) is 11.4. The van der Waals surface area contributed by atoms with Crippen LogP contribution in [0.1, 0.15) is 18.4 Å². The first kappa shape index (κ1) is 13.7. The Balaban J connectivity index is 0.000000583. The van der Waals surface area contributed by atoms with E-state index in [-0.39, 0.29) is 6.47 Å². The van der Waals surface area contributed by atoms with Gasteiger partial charge >= 0.3 is 0 Å². The molecule has 0 bridgehead atoms. The van der Waals surface area contributed by atoms with Gasteiger partial charge in [-0.05, 0) is 38.4 Å². The summed E-state index contributed by atoms with van der Waals surface area (Å²) in [4.78, 5) is 8.36. The standard InChI is InChI=1S/C11H17N.CH2O2/c1-12-10-6-5-9-11-7-3-2-4-8-11;2-1-3/h2-4,7-8,12H,5-6,9-10H2,1H3;1H,(H,2,3). The monoisotopic (exact) mass is 209 g/mol. The third kappa shape index (κ3) is 8.97. The first-order valence-corrected chi connectivity index (χ1v) is 5.11. The minimum atomic E-state index is -0.250. The summed E-state index contributed by atoms with van der Waals surface area (Å²) >= 11 is 0. The highest BCUT2D eigenvalue weighted by Crippen LogP contribution is 2.03. The van der Waals surface area contributed by atoms with Crippen LogP contribution in [0.2, 0.25) is 0 Å². The van der Waals surface area contributed by atoms with Crippen LogP contribution in [0.15, 0.2) is 30.3 Å². The Hall–Kier alpha value is -1.35. The molecule has 0 spiro atoms. The van der Waals surface area contributed by atoms with Gasteiger partial charge in [0.2, 0.25) is 0 Å². The van der Waals surface area contributed by atoms with E-state index in [0.717, 1.165) is 6.54 Å². The maximum atomic E-state index is 8.36. The van der Waals surface area contributed by atoms with Crippen LogP contribution in [0, 0.1) is 0 Å². The maximum Gasteiger partial charge on any atom is 0.290 e. The molecule has 1 aromatic carbocycles. The second kappa shape index (κ2) is 10.7. The Kier molecular flexibility index (Phi) is 9.76. The second-order valence-corrected chi connectivity index (χ2v) is 3.15. The van der Waals surface area contributed by atoms with Crippen molar-refractivity contribution in [2.45, 2.75) is 19.3 Å². The molecule has 0 atom stereocenters. The van der Waals surface area contributed by atoms with Gasteiger partial charge < -0.3 is 10.4 Å². The van der Waals surface area contributed by atoms with Crippen LogP contribution in [-0.4, -0.2) is 25.2 Å². The lowest BCUT2D eigenvalue weighted by Crippen LogP contribution is -2.07. The lowest BCUT2D eigenvalue weighted by atomic mass is 10.1. The van der Waals surface area contributed by atoms with Crippen LogP contribution >= 0.6 is 0 Å². The molecule has 0 fully saturated rings. The predicted molar refractivity (Wildman–Crippen MR) is 62.0 cm³/mol. The zero-order valence-electron chi connectivity index (χ0n) is 9.15. The third-order valence-electron chi connectivity index (χ3n) is 1.99. The molecular weight excluding hydrogens is 190 g/mol. The van der Waals surface area contributed by atoms with Crippen LogP contribution in [0.25, 0.3) is 0 Å². The Morgan fingerprint density at radius 1 is 1.27 bits per heavy atom. The number of rotatable bonds is 5. The Bertz CT molecular complexity index is 237. The summed E-state index contributed by atoms with van der Waals surface area (Å²) in [5.74, 6) is 0. The number of carbonyl (C=O) groups is 1. The maximum absolute atomic E-state index is 8.36. The number of unbranched alkanes of at least 4 members (excludes halogenated alkanes) is 1. The number of hydrogen-bond donors (Lipinski definition) is 2. The van der Waals surface area contributed by atoms with Crippen molar-refractivity contribution < 1.29 is 9.90 Å². The van der Waals surface area contributed by atoms with Crippen molar-refractivity contribution in [2.24, 2.45) is 0 Å². The van der Waals surface area contributed by atoms with Gasteiger partial charge in [-0.2, -0.15) is 0 Å². The summed E-state index contributed by atoms with van der Waals surface area (Å²) in [5, 5.41) is 10.0. The van der Waals surface area contributed by atoms with Crippen LogP contribution in [0.4, 0.5) is 0 Å². The minimum Gasteiger partial charge on any atom is -0.483 e. The van der Waals surface area contributed by atoms with E-state index in [4.69, 9.17) is 9.90 Å². The molecule has 0 heterocycles. The van der Waals surface area contributed by atoms with Gasteiger partial charge in [-0.1, -0.05) is 30.3 Å². The molecule has 0 unspecified atom stereocenters. The predicted octanol–water partition coefficient (Wildman–Crippen LogP) is 1.93. The van der Waals surface area contributed by atoms with Crippen molar-refractivity contribution in [1.82, 2.24) is 5.32 Å². The van der Waals surface area contributed by atoms with Gasteiger partial charge in [-0.3, -0.25) is 4.79 Å². The van der Waals surface area contributed by atoms with Gasteiger partial charge in [0.1, 0.15) is 0 Å². The quantitative estimate of drug-likeness (QED) is 0.575. The number of benzene rings is 1. The van der Waals surface area contributed by atoms with E-state index >= 15 is 0 Å². The lowest BCUT2D eigenvalue weighted by molar-refractivity contribution is -0.122. The Morgan fingerprint density at radius 2 is 1.87 bits per heavy atom. The molecule has 3 nitrogen and oxygen atoms in total. The molecule has 0 saturated carbocycles. The smallest absolute Gasteiger partial charge is 0.290 e. The van der Waals surface area contributed by atoms with E-state index in [1.54, 1.807) is 0 Å². The van der Waals surface area contributed by atoms with E-state index in [1.165, 1.54) is 24.8 Å². The van der Waals surface area contributed by atoms with Crippen molar-refractivity contribution in [1.29, 1.82) is 0 Å². The Labute approximate surface area is 91.1 Å². The van der Waals surface area contributed by atoms with E-state index in [0.29, 0.717) is 0 Å². The zero-order valence-corrected chi connectivity index (χ0v) is 9.15. The van der Waals surface area contributed by atoms with Gasteiger partial charge in [0.05, 0.1) is 0 Å². The highest BCUT2D eigenvalue weighted by atomic mass is 16.3. The summed E-state index contributed by atoms with van der Waals surface area (Å²) in [5.41, 5.74) is 1.45. The fraction of sp³-hybridized carbons (Fsp3) is 0.417. The highest BCUT2D eigenvalue weighted by molar-refractivity contribution is 5.32. The second-order valence-electron chi connectivity index (χ2n) is 3.15. The molecule has 0 aromatic heterocycles. The summed E-state index contributed by atoms with van der Waals surface area (Å²) < 4.78 is 0. The van der Waals surface area contributed by atoms with Crippen molar-refractivity contribution in [2.75, 3.05) is 13.6 Å². The summed E-state index contributed by atoms with van der Waals surface area (Å²) in [7, 11) is 2.00. The summed E-state index contributed by atoms with van der Waals surface area (Å²) in [6, 6.07) is 10.7. The molecule has 1 aromatic rings. The van der Waals surface area contributed by atoms with Crippen LogP contribution in [0.3, 0.4) is 0 Å². The van der Waals surface area contributed by atoms with Gasteiger partial charge in [-0.15, -0.1) is 0 Å². The van der Waals surface area contributed by atoms with Crippen molar-refractivity contribution in [3.05, 3.63) is 35.9 Å². The van der Waals surface area contributed by atoms with Gasteiger partial charge in [0, 0.05) is 0 Å². The Morgan fingerprint density at radius 3 is 2.40 bits per heavy atom. The molecule has 0 aliphatic carbocycles. The molecule has 15 heavy (non-hydrogen) atoms. The van der Waals surface area contributed by atoms with E-state index in [1.807, 2.05) is 7.05 Å². The summed E-state index contributed by atoms with van der Waals surface area (Å²) in [6.45, 7) is 0.882. The summed E-state index contributed by atoms with van der Waals surface area (Å²) in [6.07, 6.45) is 3.76. The molecule has 3 heteroatoms. The fourth-order valence-corrected chi connectivity index (χ4v) is 1.28. The van der Waals surface area contributed by atoms with Crippen molar-refractivity contribution in [3.8, 4) is 0 Å². The van der Waals surface area contributed by atoms with E-state index in [2.05, 4.69) is 35.6 Å². The fourth-order valence-electron chi connectivity index (χ4n) is 1.28. The SMILES string of the molecule is CNCCCCc1ccccc1.O=CO. The first-order valence-electron chi connectivity index (χ1n) is 5.11. The van der Waals surface area contributed by atoms with Crippen LogP contribution < -0.4 is 5.32 Å². The van der Waals surface area contributed by atoms with Gasteiger partial charge in [-0.25, -0.2) is 0 Å². The largest absolute Gasteiger partial charge is 0.483 e. The van der Waals surface area contributed by atoms with E-state index in [9.17, 15) is 0 Å². The topological polar surface area (TPSA) is 49.3 Å².